The molecule has 2 aromatic carbocycles. The van der Waals surface area contributed by atoms with Gasteiger partial charge in [0.1, 0.15) is 0 Å². The lowest BCUT2D eigenvalue weighted by Crippen LogP contribution is -2.34. The van der Waals surface area contributed by atoms with E-state index < -0.39 is 17.1 Å². The van der Waals surface area contributed by atoms with Crippen LogP contribution in [0.2, 0.25) is 0 Å². The highest BCUT2D eigenvalue weighted by atomic mass is 32.2. The molecule has 7 heteroatoms. The van der Waals surface area contributed by atoms with Crippen LogP contribution in [0, 0.1) is 11.3 Å². The molecule has 2 atom stereocenters. The van der Waals surface area contributed by atoms with Gasteiger partial charge in [0.2, 0.25) is 0 Å². The zero-order valence-corrected chi connectivity index (χ0v) is 19.0. The standard InChI is InChI=1S/C25H25N3O3S/c1-4-31-25(30)22-21(18-11-7-5-8-12-18)20(17(3)27-24(22)32-16(2)15-26)23(29)28-19-13-9-6-10-14-19/h5-14,16,21,27H,4H2,1-3H3,(H,28,29). The first-order valence-electron chi connectivity index (χ1n) is 10.3. The zero-order valence-electron chi connectivity index (χ0n) is 18.2. The molecular weight excluding hydrogens is 422 g/mol. The van der Waals surface area contributed by atoms with Crippen molar-refractivity contribution < 1.29 is 14.3 Å². The van der Waals surface area contributed by atoms with Crippen molar-refractivity contribution in [2.24, 2.45) is 0 Å². The van der Waals surface area contributed by atoms with Gasteiger partial charge in [0.15, 0.2) is 0 Å². The van der Waals surface area contributed by atoms with E-state index in [4.69, 9.17) is 4.74 Å². The highest BCUT2D eigenvalue weighted by Gasteiger charge is 2.38. The molecule has 0 saturated heterocycles. The number of nitrogens with zero attached hydrogens (tertiary/aromatic N) is 1. The number of rotatable bonds is 7. The quantitative estimate of drug-likeness (QED) is 0.598. The van der Waals surface area contributed by atoms with Crippen molar-refractivity contribution in [3.63, 3.8) is 0 Å². The highest BCUT2D eigenvalue weighted by Crippen LogP contribution is 2.42. The summed E-state index contributed by atoms with van der Waals surface area (Å²) < 4.78 is 5.37. The van der Waals surface area contributed by atoms with E-state index >= 15 is 0 Å². The average Bonchev–Trinajstić information content (AvgIpc) is 2.79. The fraction of sp³-hybridized carbons (Fsp3) is 0.240. The molecule has 0 spiro atoms. The number of hydrogen-bond donors (Lipinski definition) is 2. The third kappa shape index (κ3) is 5.21. The van der Waals surface area contributed by atoms with Crippen LogP contribution >= 0.6 is 11.8 Å². The third-order valence-corrected chi connectivity index (χ3v) is 5.92. The zero-order chi connectivity index (χ0) is 23.1. The monoisotopic (exact) mass is 447 g/mol. The number of nitrogens with one attached hydrogen (secondary N) is 2. The Morgan fingerprint density at radius 3 is 2.34 bits per heavy atom. The average molecular weight is 448 g/mol. The maximum atomic E-state index is 13.4. The Bertz CT molecular complexity index is 1090. The second-order valence-electron chi connectivity index (χ2n) is 7.18. The molecule has 3 rings (SSSR count). The van der Waals surface area contributed by atoms with Crippen LogP contribution in [0.4, 0.5) is 5.69 Å². The van der Waals surface area contributed by atoms with Crippen LogP contribution in [0.5, 0.6) is 0 Å². The van der Waals surface area contributed by atoms with E-state index in [1.807, 2.05) is 48.5 Å². The van der Waals surface area contributed by atoms with Crippen molar-refractivity contribution in [2.75, 3.05) is 11.9 Å². The predicted octanol–water partition coefficient (Wildman–Crippen LogP) is 4.71. The number of para-hydroxylation sites is 1. The molecule has 2 N–H and O–H groups in total. The van der Waals surface area contributed by atoms with Gasteiger partial charge in [-0.15, -0.1) is 0 Å². The molecule has 0 bridgehead atoms. The number of thioether (sulfide) groups is 1. The first-order chi connectivity index (χ1) is 15.5. The van der Waals surface area contributed by atoms with Gasteiger partial charge in [-0.2, -0.15) is 5.26 Å². The Balaban J connectivity index is 2.14. The molecule has 0 aromatic heterocycles. The van der Waals surface area contributed by atoms with Gasteiger partial charge in [-0.3, -0.25) is 4.79 Å². The number of benzene rings is 2. The van der Waals surface area contributed by atoms with Gasteiger partial charge in [-0.1, -0.05) is 60.3 Å². The van der Waals surface area contributed by atoms with Gasteiger partial charge < -0.3 is 15.4 Å². The Kier molecular flexibility index (Phi) is 7.74. The first kappa shape index (κ1) is 23.2. The van der Waals surface area contributed by atoms with Gasteiger partial charge in [-0.05, 0) is 38.5 Å². The molecule has 6 nitrogen and oxygen atoms in total. The number of carbonyl (C=O) groups excluding carboxylic acids is 2. The van der Waals surface area contributed by atoms with E-state index in [0.29, 0.717) is 27.6 Å². The number of esters is 1. The summed E-state index contributed by atoms with van der Waals surface area (Å²) in [6.07, 6.45) is 0. The predicted molar refractivity (Wildman–Crippen MR) is 126 cm³/mol. The number of allylic oxidation sites excluding steroid dienone is 1. The summed E-state index contributed by atoms with van der Waals surface area (Å²) in [5.74, 6) is -1.47. The normalized spacial score (nSPS) is 16.6. The fourth-order valence-corrected chi connectivity index (χ4v) is 4.46. The van der Waals surface area contributed by atoms with Crippen LogP contribution in [0.25, 0.3) is 0 Å². The summed E-state index contributed by atoms with van der Waals surface area (Å²) in [6, 6.07) is 20.7. The molecule has 1 aliphatic rings. The molecule has 1 heterocycles. The Morgan fingerprint density at radius 2 is 1.75 bits per heavy atom. The van der Waals surface area contributed by atoms with Crippen LogP contribution < -0.4 is 10.6 Å². The molecule has 32 heavy (non-hydrogen) atoms. The molecule has 0 fully saturated rings. The number of dihydropyridines is 1. The van der Waals surface area contributed by atoms with Crippen molar-refractivity contribution in [2.45, 2.75) is 31.9 Å². The molecule has 0 aliphatic carbocycles. The number of carbonyl (C=O) groups is 2. The lowest BCUT2D eigenvalue weighted by molar-refractivity contribution is -0.138. The largest absolute Gasteiger partial charge is 0.463 e. The Hall–Kier alpha value is -3.50. The van der Waals surface area contributed by atoms with Crippen molar-refractivity contribution in [3.8, 4) is 6.07 Å². The lowest BCUT2D eigenvalue weighted by Gasteiger charge is -2.32. The Morgan fingerprint density at radius 1 is 1.12 bits per heavy atom. The fourth-order valence-electron chi connectivity index (χ4n) is 3.51. The SMILES string of the molecule is CCOC(=O)C1=C(SC(C)C#N)NC(C)=C(C(=O)Nc2ccccc2)C1c1ccccc1. The van der Waals surface area contributed by atoms with E-state index in [2.05, 4.69) is 16.7 Å². The molecule has 1 amide bonds. The van der Waals surface area contributed by atoms with Gasteiger partial charge in [-0.25, -0.2) is 4.79 Å². The topological polar surface area (TPSA) is 91.2 Å². The molecular formula is C25H25N3O3S. The molecule has 2 unspecified atom stereocenters. The van der Waals surface area contributed by atoms with E-state index in [1.54, 1.807) is 32.9 Å². The summed E-state index contributed by atoms with van der Waals surface area (Å²) in [5.41, 5.74) is 2.82. The molecule has 0 radical (unpaired) electrons. The van der Waals surface area contributed by atoms with E-state index in [0.717, 1.165) is 5.56 Å². The summed E-state index contributed by atoms with van der Waals surface area (Å²) in [7, 11) is 0. The minimum Gasteiger partial charge on any atom is -0.463 e. The number of ether oxygens (including phenoxy) is 1. The van der Waals surface area contributed by atoms with Crippen molar-refractivity contribution in [1.29, 1.82) is 5.26 Å². The van der Waals surface area contributed by atoms with Crippen LogP contribution in [0.15, 0.2) is 82.5 Å². The molecule has 2 aromatic rings. The summed E-state index contributed by atoms with van der Waals surface area (Å²) in [5, 5.41) is 15.6. The van der Waals surface area contributed by atoms with Crippen molar-refractivity contribution in [1.82, 2.24) is 5.32 Å². The van der Waals surface area contributed by atoms with Gasteiger partial charge in [0, 0.05) is 17.0 Å². The number of amides is 1. The van der Waals surface area contributed by atoms with Crippen molar-refractivity contribution in [3.05, 3.63) is 88.1 Å². The van der Waals surface area contributed by atoms with Crippen LogP contribution in [0.3, 0.4) is 0 Å². The maximum Gasteiger partial charge on any atom is 0.337 e. The van der Waals surface area contributed by atoms with Crippen LogP contribution in [0.1, 0.15) is 32.3 Å². The minimum absolute atomic E-state index is 0.198. The summed E-state index contributed by atoms with van der Waals surface area (Å²) in [4.78, 5) is 26.6. The van der Waals surface area contributed by atoms with Gasteiger partial charge in [0.05, 0.1) is 34.4 Å². The van der Waals surface area contributed by atoms with Gasteiger partial charge >= 0.3 is 5.97 Å². The smallest absolute Gasteiger partial charge is 0.337 e. The third-order valence-electron chi connectivity index (χ3n) is 4.91. The minimum atomic E-state index is -0.645. The van der Waals surface area contributed by atoms with E-state index in [-0.39, 0.29) is 12.5 Å². The first-order valence-corrected chi connectivity index (χ1v) is 11.2. The van der Waals surface area contributed by atoms with Crippen LogP contribution in [-0.2, 0) is 14.3 Å². The van der Waals surface area contributed by atoms with Crippen molar-refractivity contribution >= 4 is 29.3 Å². The molecule has 1 aliphatic heterocycles. The number of nitriles is 1. The van der Waals surface area contributed by atoms with Gasteiger partial charge in [0.25, 0.3) is 5.91 Å². The molecule has 0 saturated carbocycles. The number of hydrogen-bond acceptors (Lipinski definition) is 6. The lowest BCUT2D eigenvalue weighted by atomic mass is 9.81. The summed E-state index contributed by atoms with van der Waals surface area (Å²) in [6.45, 7) is 5.50. The Labute approximate surface area is 192 Å². The van der Waals surface area contributed by atoms with Crippen LogP contribution in [-0.4, -0.2) is 23.7 Å². The molecule has 164 valence electrons. The maximum absolute atomic E-state index is 13.4. The van der Waals surface area contributed by atoms with E-state index in [9.17, 15) is 14.9 Å². The summed E-state index contributed by atoms with van der Waals surface area (Å²) >= 11 is 1.24. The highest BCUT2D eigenvalue weighted by molar-refractivity contribution is 8.03. The second-order valence-corrected chi connectivity index (χ2v) is 8.53. The number of anilines is 1. The second kappa shape index (κ2) is 10.7. The van der Waals surface area contributed by atoms with E-state index in [1.165, 1.54) is 11.8 Å².